The van der Waals surface area contributed by atoms with E-state index >= 15 is 0 Å². The molecule has 0 saturated carbocycles. The second-order valence-corrected chi connectivity index (χ2v) is 6.04. The molecule has 3 rings (SSSR count). The minimum absolute atomic E-state index is 0.0309. The van der Waals surface area contributed by atoms with E-state index in [-0.39, 0.29) is 12.5 Å². The Morgan fingerprint density at radius 1 is 1.50 bits per heavy atom. The van der Waals surface area contributed by atoms with E-state index < -0.39 is 0 Å². The minimum atomic E-state index is 0.0309. The van der Waals surface area contributed by atoms with Crippen LogP contribution in [0.25, 0.3) is 0 Å². The molecule has 0 spiro atoms. The summed E-state index contributed by atoms with van der Waals surface area (Å²) >= 11 is 0. The van der Waals surface area contributed by atoms with Crippen molar-refractivity contribution in [2.24, 2.45) is 12.0 Å². The highest BCUT2D eigenvalue weighted by atomic mass is 16.3. The van der Waals surface area contributed by atoms with Crippen LogP contribution >= 0.6 is 0 Å². The number of hydrogen-bond donors (Lipinski definition) is 1. The lowest BCUT2D eigenvalue weighted by Crippen LogP contribution is -2.55. The van der Waals surface area contributed by atoms with Gasteiger partial charge in [0, 0.05) is 45.8 Å². The number of guanidine groups is 1. The fourth-order valence-corrected chi connectivity index (χ4v) is 2.83. The van der Waals surface area contributed by atoms with Crippen molar-refractivity contribution in [3.8, 4) is 0 Å². The summed E-state index contributed by atoms with van der Waals surface area (Å²) in [6.07, 6.45) is 7.71. The third-order valence-corrected chi connectivity index (χ3v) is 4.13. The minimum Gasteiger partial charge on any atom is -0.469 e. The Kier molecular flexibility index (Phi) is 5.73. The Hall–Kier alpha value is -3.03. The van der Waals surface area contributed by atoms with Gasteiger partial charge in [0.25, 0.3) is 0 Å². The predicted molar refractivity (Wildman–Crippen MR) is 100 cm³/mol. The van der Waals surface area contributed by atoms with E-state index in [1.807, 2.05) is 30.3 Å². The average Bonchev–Trinajstić information content (AvgIpc) is 3.29. The number of nitrogens with one attached hydrogen (secondary N) is 1. The topological polar surface area (TPSA) is 78.9 Å². The van der Waals surface area contributed by atoms with Crippen LogP contribution in [0.1, 0.15) is 5.76 Å². The first-order valence-corrected chi connectivity index (χ1v) is 8.63. The zero-order chi connectivity index (χ0) is 18.4. The molecule has 1 saturated heterocycles. The molecule has 0 bridgehead atoms. The van der Waals surface area contributed by atoms with Gasteiger partial charge in [-0.05, 0) is 12.1 Å². The van der Waals surface area contributed by atoms with Gasteiger partial charge in [-0.3, -0.25) is 14.5 Å². The summed E-state index contributed by atoms with van der Waals surface area (Å²) < 4.78 is 7.03. The van der Waals surface area contributed by atoms with Crippen LogP contribution < -0.4 is 10.2 Å². The smallest absolute Gasteiger partial charge is 0.246 e. The highest BCUT2D eigenvalue weighted by Gasteiger charge is 2.27. The number of piperazine rings is 1. The third kappa shape index (κ3) is 4.33. The van der Waals surface area contributed by atoms with Gasteiger partial charge in [-0.1, -0.05) is 6.08 Å². The second kappa shape index (κ2) is 8.37. The van der Waals surface area contributed by atoms with Gasteiger partial charge in [0.05, 0.1) is 18.1 Å². The van der Waals surface area contributed by atoms with Gasteiger partial charge < -0.3 is 19.5 Å². The maximum absolute atomic E-state index is 12.6. The molecule has 138 valence electrons. The molecule has 1 aliphatic heterocycles. The Bertz CT molecular complexity index is 765. The molecule has 1 aliphatic rings. The summed E-state index contributed by atoms with van der Waals surface area (Å²) in [5, 5.41) is 7.38. The molecular weight excluding hydrogens is 332 g/mol. The predicted octanol–water partition coefficient (Wildman–Crippen LogP) is 1.04. The number of furan rings is 1. The zero-order valence-corrected chi connectivity index (χ0v) is 15.0. The number of aliphatic imine (C=N–C) groups is 1. The average molecular weight is 356 g/mol. The lowest BCUT2D eigenvalue weighted by Gasteiger charge is -2.35. The Morgan fingerprint density at radius 2 is 2.38 bits per heavy atom. The largest absolute Gasteiger partial charge is 0.469 e. The quantitative estimate of drug-likeness (QED) is 0.475. The Labute approximate surface area is 152 Å². The first-order valence-electron chi connectivity index (χ1n) is 8.63. The fraction of sp³-hybridized carbons (Fsp3) is 0.389. The summed E-state index contributed by atoms with van der Waals surface area (Å²) in [6.45, 7) is 6.48. The monoisotopic (exact) mass is 356 g/mol. The second-order valence-electron chi connectivity index (χ2n) is 6.04. The third-order valence-electron chi connectivity index (χ3n) is 4.13. The van der Waals surface area contributed by atoms with Crippen molar-refractivity contribution in [2.45, 2.75) is 6.42 Å². The molecule has 1 N–H and O–H groups in total. The maximum Gasteiger partial charge on any atom is 0.246 e. The molecule has 1 fully saturated rings. The number of carbonyl (C=O) groups excluding carboxylic acids is 1. The van der Waals surface area contributed by atoms with Gasteiger partial charge in [-0.2, -0.15) is 5.10 Å². The van der Waals surface area contributed by atoms with Crippen LogP contribution in [0.15, 0.2) is 52.9 Å². The van der Waals surface area contributed by atoms with Crippen LogP contribution in [-0.4, -0.2) is 59.3 Å². The van der Waals surface area contributed by atoms with Crippen molar-refractivity contribution in [3.05, 3.63) is 49.2 Å². The van der Waals surface area contributed by atoms with Gasteiger partial charge in [-0.15, -0.1) is 6.58 Å². The molecule has 8 heteroatoms. The molecule has 2 aromatic rings. The van der Waals surface area contributed by atoms with Gasteiger partial charge in [0.1, 0.15) is 12.3 Å². The van der Waals surface area contributed by atoms with Gasteiger partial charge >= 0.3 is 0 Å². The number of aryl methyl sites for hydroxylation is 1. The van der Waals surface area contributed by atoms with Gasteiger partial charge in [-0.25, -0.2) is 0 Å². The molecule has 0 aromatic carbocycles. The molecule has 3 heterocycles. The van der Waals surface area contributed by atoms with E-state index in [1.54, 1.807) is 28.1 Å². The number of nitrogens with zero attached hydrogens (tertiary/aromatic N) is 5. The van der Waals surface area contributed by atoms with Crippen LogP contribution in [0.4, 0.5) is 5.69 Å². The first-order chi connectivity index (χ1) is 12.7. The van der Waals surface area contributed by atoms with E-state index in [4.69, 9.17) is 4.42 Å². The van der Waals surface area contributed by atoms with E-state index in [1.165, 1.54) is 0 Å². The van der Waals surface area contributed by atoms with E-state index in [9.17, 15) is 4.79 Å². The first kappa shape index (κ1) is 17.8. The van der Waals surface area contributed by atoms with Crippen molar-refractivity contribution in [2.75, 3.05) is 37.6 Å². The fourth-order valence-electron chi connectivity index (χ4n) is 2.83. The number of hydrogen-bond acceptors (Lipinski definition) is 4. The standard InChI is InChI=1S/C18H24N6O2/c1-3-7-19-18(20-8-6-16-5-4-11-26-16)23-9-10-24(17(25)14-23)15-12-21-22(2)13-15/h3-5,11-13H,1,6-10,14H2,2H3,(H,19,20). The van der Waals surface area contributed by atoms with Crippen LogP contribution in [0.2, 0.25) is 0 Å². The van der Waals surface area contributed by atoms with Gasteiger partial charge in [0.2, 0.25) is 5.91 Å². The molecule has 2 aromatic heterocycles. The van der Waals surface area contributed by atoms with Crippen molar-refractivity contribution >= 4 is 17.6 Å². The van der Waals surface area contributed by atoms with E-state index in [0.29, 0.717) is 26.2 Å². The molecule has 1 amide bonds. The summed E-state index contributed by atoms with van der Waals surface area (Å²) in [5.41, 5.74) is 0.826. The maximum atomic E-state index is 12.6. The van der Waals surface area contributed by atoms with Gasteiger partial charge in [0.15, 0.2) is 5.96 Å². The SMILES string of the molecule is C=CCNC(=NCCc1ccco1)N1CCN(c2cnn(C)c2)C(=O)C1. The highest BCUT2D eigenvalue weighted by molar-refractivity contribution is 5.98. The van der Waals surface area contributed by atoms with Crippen molar-refractivity contribution in [3.63, 3.8) is 0 Å². The number of anilines is 1. The molecule has 0 radical (unpaired) electrons. The number of rotatable bonds is 6. The summed E-state index contributed by atoms with van der Waals surface area (Å²) in [7, 11) is 1.84. The Morgan fingerprint density at radius 3 is 3.04 bits per heavy atom. The van der Waals surface area contributed by atoms with E-state index in [2.05, 4.69) is 22.0 Å². The van der Waals surface area contributed by atoms with Crippen molar-refractivity contribution < 1.29 is 9.21 Å². The molecule has 8 nitrogen and oxygen atoms in total. The van der Waals surface area contributed by atoms with Crippen LogP contribution in [0.5, 0.6) is 0 Å². The number of aromatic nitrogens is 2. The molecular formula is C18H24N6O2. The van der Waals surface area contributed by atoms with Crippen LogP contribution in [0.3, 0.4) is 0 Å². The normalized spacial score (nSPS) is 15.4. The summed E-state index contributed by atoms with van der Waals surface area (Å²) in [5.74, 6) is 1.65. The summed E-state index contributed by atoms with van der Waals surface area (Å²) in [4.78, 5) is 20.9. The summed E-state index contributed by atoms with van der Waals surface area (Å²) in [6, 6.07) is 3.80. The number of carbonyl (C=O) groups is 1. The lowest BCUT2D eigenvalue weighted by atomic mass is 10.3. The molecule has 26 heavy (non-hydrogen) atoms. The lowest BCUT2D eigenvalue weighted by molar-refractivity contribution is -0.120. The molecule has 0 unspecified atom stereocenters. The Balaban J connectivity index is 1.63. The van der Waals surface area contributed by atoms with Crippen molar-refractivity contribution in [1.82, 2.24) is 20.0 Å². The zero-order valence-electron chi connectivity index (χ0n) is 15.0. The molecule has 0 atom stereocenters. The van der Waals surface area contributed by atoms with Crippen LogP contribution in [-0.2, 0) is 18.3 Å². The highest BCUT2D eigenvalue weighted by Crippen LogP contribution is 2.16. The molecule has 0 aliphatic carbocycles. The number of amides is 1. The van der Waals surface area contributed by atoms with Crippen molar-refractivity contribution in [1.29, 1.82) is 0 Å². The van der Waals surface area contributed by atoms with Crippen LogP contribution in [0, 0.1) is 0 Å². The van der Waals surface area contributed by atoms with E-state index in [0.717, 1.165) is 23.8 Å².